The molecule has 2 unspecified atom stereocenters. The van der Waals surface area contributed by atoms with E-state index in [9.17, 15) is 14.4 Å². The van der Waals surface area contributed by atoms with Crippen LogP contribution in [0.25, 0.3) is 0 Å². The molecule has 2 atom stereocenters. The first-order valence-electron chi connectivity index (χ1n) is 6.13. The molecule has 0 aliphatic carbocycles. The summed E-state index contributed by atoms with van der Waals surface area (Å²) in [6.45, 7) is 3.22. The van der Waals surface area contributed by atoms with Gasteiger partial charge in [0.05, 0.1) is 6.61 Å². The van der Waals surface area contributed by atoms with Gasteiger partial charge in [0.2, 0.25) is 5.91 Å². The highest BCUT2D eigenvalue weighted by Gasteiger charge is 2.55. The third kappa shape index (κ3) is 2.23. The molecule has 5 heteroatoms. The van der Waals surface area contributed by atoms with Gasteiger partial charge in [0.15, 0.2) is 6.04 Å². The number of benzene rings is 1. The molecule has 1 aliphatic heterocycles. The summed E-state index contributed by atoms with van der Waals surface area (Å²) < 4.78 is 4.94. The van der Waals surface area contributed by atoms with Gasteiger partial charge in [-0.15, -0.1) is 0 Å². The number of β-lactam (4-membered cyclic amide) rings is 1. The third-order valence-corrected chi connectivity index (χ3v) is 3.10. The summed E-state index contributed by atoms with van der Waals surface area (Å²) in [4.78, 5) is 36.7. The van der Waals surface area contributed by atoms with Crippen molar-refractivity contribution in [3.8, 4) is 0 Å². The summed E-state index contributed by atoms with van der Waals surface area (Å²) in [7, 11) is 0. The minimum Gasteiger partial charge on any atom is -0.464 e. The van der Waals surface area contributed by atoms with Crippen LogP contribution in [0.3, 0.4) is 0 Å². The first kappa shape index (κ1) is 13.3. The Hall–Kier alpha value is -2.17. The number of carbonyl (C=O) groups is 3. The molecule has 0 bridgehead atoms. The Bertz CT molecular complexity index is 511. The molecule has 1 aromatic rings. The summed E-state index contributed by atoms with van der Waals surface area (Å²) in [5.74, 6) is -2.11. The number of carbonyl (C=O) groups excluding carboxylic acids is 3. The number of anilines is 1. The average molecular weight is 261 g/mol. The Morgan fingerprint density at radius 3 is 2.42 bits per heavy atom. The third-order valence-electron chi connectivity index (χ3n) is 3.10. The van der Waals surface area contributed by atoms with Gasteiger partial charge >= 0.3 is 5.97 Å². The van der Waals surface area contributed by atoms with E-state index in [0.717, 1.165) is 0 Å². The second-order valence-corrected chi connectivity index (χ2v) is 4.33. The van der Waals surface area contributed by atoms with Gasteiger partial charge in [0, 0.05) is 5.69 Å². The van der Waals surface area contributed by atoms with Gasteiger partial charge in [-0.2, -0.15) is 0 Å². The number of esters is 1. The van der Waals surface area contributed by atoms with Crippen molar-refractivity contribution in [1.82, 2.24) is 0 Å². The van der Waals surface area contributed by atoms with E-state index in [1.807, 2.05) is 6.07 Å². The number of ketones is 1. The zero-order valence-corrected chi connectivity index (χ0v) is 10.8. The fourth-order valence-electron chi connectivity index (χ4n) is 2.23. The highest BCUT2D eigenvalue weighted by molar-refractivity contribution is 6.20. The standard InChI is InChI=1S/C14H15NO4/c1-3-19-14(18)12-11(9(2)16)13(17)15(12)10-7-5-4-6-8-10/h4-8,11-12H,3H2,1-2H3. The van der Waals surface area contributed by atoms with Crippen molar-refractivity contribution in [1.29, 1.82) is 0 Å². The smallest absolute Gasteiger partial charge is 0.330 e. The van der Waals surface area contributed by atoms with Crippen molar-refractivity contribution in [2.45, 2.75) is 19.9 Å². The van der Waals surface area contributed by atoms with Crippen LogP contribution in [0.5, 0.6) is 0 Å². The monoisotopic (exact) mass is 261 g/mol. The largest absolute Gasteiger partial charge is 0.464 e. The molecule has 0 spiro atoms. The molecule has 5 nitrogen and oxygen atoms in total. The fourth-order valence-corrected chi connectivity index (χ4v) is 2.23. The van der Waals surface area contributed by atoms with E-state index in [4.69, 9.17) is 4.74 Å². The molecule has 0 radical (unpaired) electrons. The zero-order valence-electron chi connectivity index (χ0n) is 10.8. The van der Waals surface area contributed by atoms with Crippen molar-refractivity contribution >= 4 is 23.3 Å². The molecule has 100 valence electrons. The highest BCUT2D eigenvalue weighted by atomic mass is 16.5. The van der Waals surface area contributed by atoms with E-state index in [2.05, 4.69) is 0 Å². The van der Waals surface area contributed by atoms with Crippen LogP contribution in [0.4, 0.5) is 5.69 Å². The van der Waals surface area contributed by atoms with Crippen LogP contribution in [0, 0.1) is 5.92 Å². The van der Waals surface area contributed by atoms with E-state index in [1.165, 1.54) is 11.8 Å². The maximum Gasteiger partial charge on any atom is 0.330 e. The van der Waals surface area contributed by atoms with Gasteiger partial charge in [-0.1, -0.05) is 18.2 Å². The van der Waals surface area contributed by atoms with Crippen LogP contribution in [0.15, 0.2) is 30.3 Å². The molecule has 1 aliphatic rings. The minimum absolute atomic E-state index is 0.219. The van der Waals surface area contributed by atoms with Gasteiger partial charge < -0.3 is 4.74 Å². The second kappa shape index (κ2) is 5.22. The lowest BCUT2D eigenvalue weighted by Crippen LogP contribution is -2.67. The first-order chi connectivity index (χ1) is 9.07. The minimum atomic E-state index is -0.917. The Labute approximate surface area is 111 Å². The van der Waals surface area contributed by atoms with Crippen molar-refractivity contribution in [2.24, 2.45) is 5.92 Å². The highest BCUT2D eigenvalue weighted by Crippen LogP contribution is 2.33. The molecule has 1 heterocycles. The van der Waals surface area contributed by atoms with E-state index < -0.39 is 17.9 Å². The molecule has 19 heavy (non-hydrogen) atoms. The Morgan fingerprint density at radius 1 is 1.26 bits per heavy atom. The van der Waals surface area contributed by atoms with Gasteiger partial charge in [0.25, 0.3) is 0 Å². The quantitative estimate of drug-likeness (QED) is 0.463. The molecule has 1 saturated heterocycles. The molecule has 2 rings (SSSR count). The first-order valence-corrected chi connectivity index (χ1v) is 6.13. The number of hydrogen-bond donors (Lipinski definition) is 0. The molecule has 1 fully saturated rings. The van der Waals surface area contributed by atoms with E-state index >= 15 is 0 Å². The van der Waals surface area contributed by atoms with Crippen LogP contribution in [0.1, 0.15) is 13.8 Å². The number of nitrogens with zero attached hydrogens (tertiary/aromatic N) is 1. The van der Waals surface area contributed by atoms with E-state index in [0.29, 0.717) is 5.69 Å². The maximum atomic E-state index is 12.0. The molecular weight excluding hydrogens is 246 g/mol. The van der Waals surface area contributed by atoms with Crippen LogP contribution in [-0.4, -0.2) is 30.3 Å². The van der Waals surface area contributed by atoms with Crippen molar-refractivity contribution in [3.63, 3.8) is 0 Å². The summed E-state index contributed by atoms with van der Waals surface area (Å²) in [5.41, 5.74) is 0.600. The number of para-hydroxylation sites is 1. The van der Waals surface area contributed by atoms with Crippen molar-refractivity contribution < 1.29 is 19.1 Å². The topological polar surface area (TPSA) is 63.7 Å². The number of hydrogen-bond acceptors (Lipinski definition) is 4. The number of ether oxygens (including phenoxy) is 1. The molecular formula is C14H15NO4. The predicted octanol–water partition coefficient (Wildman–Crippen LogP) is 1.17. The van der Waals surface area contributed by atoms with Crippen LogP contribution in [0.2, 0.25) is 0 Å². The number of amides is 1. The molecule has 0 N–H and O–H groups in total. The summed E-state index contributed by atoms with van der Waals surface area (Å²) in [6.07, 6.45) is 0. The summed E-state index contributed by atoms with van der Waals surface area (Å²) in [6, 6.07) is 7.96. The lowest BCUT2D eigenvalue weighted by atomic mass is 9.83. The normalized spacial score (nSPS) is 21.8. The molecule has 0 saturated carbocycles. The summed E-state index contributed by atoms with van der Waals surface area (Å²) in [5, 5.41) is 0. The fraction of sp³-hybridized carbons (Fsp3) is 0.357. The maximum absolute atomic E-state index is 12.0. The van der Waals surface area contributed by atoms with Crippen LogP contribution >= 0.6 is 0 Å². The summed E-state index contributed by atoms with van der Waals surface area (Å²) >= 11 is 0. The zero-order chi connectivity index (χ0) is 14.0. The second-order valence-electron chi connectivity index (χ2n) is 4.33. The SMILES string of the molecule is CCOC(=O)C1C(C(C)=O)C(=O)N1c1ccccc1. The van der Waals surface area contributed by atoms with E-state index in [1.54, 1.807) is 31.2 Å². The van der Waals surface area contributed by atoms with Crippen LogP contribution in [-0.2, 0) is 19.1 Å². The Balaban J connectivity index is 2.30. The lowest BCUT2D eigenvalue weighted by Gasteiger charge is -2.43. The number of rotatable bonds is 4. The predicted molar refractivity (Wildman–Crippen MR) is 68.5 cm³/mol. The van der Waals surface area contributed by atoms with Gasteiger partial charge in [-0.05, 0) is 26.0 Å². The average Bonchev–Trinajstić information content (AvgIpc) is 2.36. The van der Waals surface area contributed by atoms with Crippen molar-refractivity contribution in [2.75, 3.05) is 11.5 Å². The van der Waals surface area contributed by atoms with Gasteiger partial charge in [-0.25, -0.2) is 4.79 Å². The van der Waals surface area contributed by atoms with Crippen LogP contribution < -0.4 is 4.90 Å². The number of Topliss-reactive ketones (excluding diaryl/α,β-unsaturated/α-hetero) is 1. The molecule has 1 amide bonds. The Morgan fingerprint density at radius 2 is 1.89 bits per heavy atom. The lowest BCUT2D eigenvalue weighted by molar-refractivity contribution is -0.156. The van der Waals surface area contributed by atoms with Gasteiger partial charge in [0.1, 0.15) is 11.7 Å². The van der Waals surface area contributed by atoms with Gasteiger partial charge in [-0.3, -0.25) is 14.5 Å². The van der Waals surface area contributed by atoms with Crippen molar-refractivity contribution in [3.05, 3.63) is 30.3 Å². The molecule has 1 aromatic carbocycles. The molecule has 0 aromatic heterocycles. The van der Waals surface area contributed by atoms with E-state index in [-0.39, 0.29) is 18.3 Å². The Kier molecular flexibility index (Phi) is 3.64.